The highest BCUT2D eigenvalue weighted by molar-refractivity contribution is 7.98. The van der Waals surface area contributed by atoms with Gasteiger partial charge in [-0.15, -0.1) is 0 Å². The van der Waals surface area contributed by atoms with Crippen LogP contribution in [0.1, 0.15) is 20.3 Å². The lowest BCUT2D eigenvalue weighted by molar-refractivity contribution is 0.133. The van der Waals surface area contributed by atoms with Gasteiger partial charge in [-0.05, 0) is 31.3 Å². The summed E-state index contributed by atoms with van der Waals surface area (Å²) in [7, 11) is 0. The molecule has 0 heterocycles. The van der Waals surface area contributed by atoms with Crippen LogP contribution >= 0.6 is 11.8 Å². The van der Waals surface area contributed by atoms with Crippen molar-refractivity contribution in [3.05, 3.63) is 0 Å². The van der Waals surface area contributed by atoms with E-state index in [1.54, 1.807) is 0 Å². The summed E-state index contributed by atoms with van der Waals surface area (Å²) in [6.45, 7) is 3.94. The van der Waals surface area contributed by atoms with Gasteiger partial charge in [0.25, 0.3) is 0 Å². The van der Waals surface area contributed by atoms with Crippen LogP contribution in [0.4, 0.5) is 0 Å². The lowest BCUT2D eigenvalue weighted by Gasteiger charge is -2.12. The Labute approximate surface area is 61.8 Å². The molecule has 0 aliphatic rings. The average Bonchev–Trinajstić information content (AvgIpc) is 1.82. The molecule has 2 unspecified atom stereocenters. The zero-order valence-corrected chi connectivity index (χ0v) is 7.24. The highest BCUT2D eigenvalue weighted by Gasteiger charge is 2.06. The van der Waals surface area contributed by atoms with E-state index in [0.29, 0.717) is 5.92 Å². The maximum Gasteiger partial charge on any atom is 0.0537 e. The number of aliphatic hydroxyl groups excluding tert-OH is 1. The van der Waals surface area contributed by atoms with Gasteiger partial charge in [0.15, 0.2) is 0 Å². The Bertz CT molecular complexity index is 63.9. The molecular formula is C7H16OS. The minimum atomic E-state index is -0.142. The van der Waals surface area contributed by atoms with Gasteiger partial charge >= 0.3 is 0 Å². The second-order valence-corrected chi connectivity index (χ2v) is 3.48. The second kappa shape index (κ2) is 5.12. The summed E-state index contributed by atoms with van der Waals surface area (Å²) < 4.78 is 0. The Hall–Kier alpha value is 0.310. The molecule has 0 radical (unpaired) electrons. The molecule has 0 aromatic carbocycles. The number of hydrogen-bond acceptors (Lipinski definition) is 2. The molecule has 9 heavy (non-hydrogen) atoms. The van der Waals surface area contributed by atoms with Crippen LogP contribution in [0.5, 0.6) is 0 Å². The van der Waals surface area contributed by atoms with Crippen LogP contribution in [0.2, 0.25) is 0 Å². The Morgan fingerprint density at radius 1 is 1.44 bits per heavy atom. The first kappa shape index (κ1) is 9.31. The van der Waals surface area contributed by atoms with Crippen LogP contribution < -0.4 is 0 Å². The van der Waals surface area contributed by atoms with Gasteiger partial charge < -0.3 is 5.11 Å². The molecule has 0 saturated heterocycles. The van der Waals surface area contributed by atoms with E-state index >= 15 is 0 Å². The minimum absolute atomic E-state index is 0.142. The Balaban J connectivity index is 3.16. The molecule has 56 valence electrons. The third-order valence-electron chi connectivity index (χ3n) is 1.60. The van der Waals surface area contributed by atoms with Gasteiger partial charge in [-0.1, -0.05) is 6.92 Å². The average molecular weight is 148 g/mol. The van der Waals surface area contributed by atoms with Gasteiger partial charge in [-0.2, -0.15) is 11.8 Å². The van der Waals surface area contributed by atoms with Gasteiger partial charge in [0.05, 0.1) is 6.10 Å². The standard InChI is InChI=1S/C7H16OS/c1-6(7(2)8)4-5-9-3/h6-8H,4-5H2,1-3H3. The summed E-state index contributed by atoms with van der Waals surface area (Å²) in [4.78, 5) is 0. The molecule has 2 atom stereocenters. The maximum atomic E-state index is 9.04. The molecule has 0 aromatic heterocycles. The molecule has 1 nitrogen and oxygen atoms in total. The summed E-state index contributed by atoms with van der Waals surface area (Å²) >= 11 is 1.84. The molecule has 0 aromatic rings. The number of rotatable bonds is 4. The van der Waals surface area contributed by atoms with Crippen LogP contribution in [-0.4, -0.2) is 23.2 Å². The first-order valence-corrected chi connectivity index (χ1v) is 4.75. The van der Waals surface area contributed by atoms with Crippen molar-refractivity contribution < 1.29 is 5.11 Å². The Morgan fingerprint density at radius 3 is 2.33 bits per heavy atom. The molecular weight excluding hydrogens is 132 g/mol. The normalized spacial score (nSPS) is 17.3. The Kier molecular flexibility index (Phi) is 5.30. The van der Waals surface area contributed by atoms with E-state index in [1.165, 1.54) is 0 Å². The molecule has 0 amide bonds. The first-order valence-electron chi connectivity index (χ1n) is 3.35. The lowest BCUT2D eigenvalue weighted by atomic mass is 10.0. The Morgan fingerprint density at radius 2 is 2.00 bits per heavy atom. The third kappa shape index (κ3) is 4.79. The molecule has 2 heteroatoms. The quantitative estimate of drug-likeness (QED) is 0.655. The van der Waals surface area contributed by atoms with Gasteiger partial charge in [0.2, 0.25) is 0 Å². The number of hydrogen-bond donors (Lipinski definition) is 1. The van der Waals surface area contributed by atoms with Crippen molar-refractivity contribution in [3.8, 4) is 0 Å². The fourth-order valence-electron chi connectivity index (χ4n) is 0.545. The highest BCUT2D eigenvalue weighted by Crippen LogP contribution is 2.10. The zero-order chi connectivity index (χ0) is 7.28. The van der Waals surface area contributed by atoms with E-state index in [1.807, 2.05) is 18.7 Å². The summed E-state index contributed by atoms with van der Waals surface area (Å²) in [5, 5.41) is 9.04. The molecule has 0 aliphatic heterocycles. The molecule has 0 rings (SSSR count). The fourth-order valence-corrected chi connectivity index (χ4v) is 1.15. The fraction of sp³-hybridized carbons (Fsp3) is 1.00. The zero-order valence-electron chi connectivity index (χ0n) is 6.42. The first-order chi connectivity index (χ1) is 4.18. The van der Waals surface area contributed by atoms with E-state index in [2.05, 4.69) is 13.2 Å². The molecule has 0 spiro atoms. The van der Waals surface area contributed by atoms with Crippen molar-refractivity contribution in [1.82, 2.24) is 0 Å². The maximum absolute atomic E-state index is 9.04. The van der Waals surface area contributed by atoms with Crippen molar-refractivity contribution in [2.24, 2.45) is 5.92 Å². The van der Waals surface area contributed by atoms with Crippen molar-refractivity contribution in [2.75, 3.05) is 12.0 Å². The summed E-state index contributed by atoms with van der Waals surface area (Å²) in [6, 6.07) is 0. The van der Waals surface area contributed by atoms with Crippen molar-refractivity contribution in [3.63, 3.8) is 0 Å². The SMILES string of the molecule is CSCCC(C)C(C)O. The van der Waals surface area contributed by atoms with Gasteiger partial charge in [-0.25, -0.2) is 0 Å². The smallest absolute Gasteiger partial charge is 0.0537 e. The van der Waals surface area contributed by atoms with Gasteiger partial charge in [0, 0.05) is 0 Å². The summed E-state index contributed by atoms with van der Waals surface area (Å²) in [5.41, 5.74) is 0. The van der Waals surface area contributed by atoms with Crippen LogP contribution in [-0.2, 0) is 0 Å². The second-order valence-electron chi connectivity index (χ2n) is 2.50. The minimum Gasteiger partial charge on any atom is -0.393 e. The van der Waals surface area contributed by atoms with Crippen molar-refractivity contribution in [2.45, 2.75) is 26.4 Å². The number of aliphatic hydroxyl groups is 1. The van der Waals surface area contributed by atoms with Crippen LogP contribution in [0.15, 0.2) is 0 Å². The van der Waals surface area contributed by atoms with Crippen LogP contribution in [0.3, 0.4) is 0 Å². The van der Waals surface area contributed by atoms with Crippen molar-refractivity contribution >= 4 is 11.8 Å². The predicted octanol–water partition coefficient (Wildman–Crippen LogP) is 1.76. The molecule has 0 aliphatic carbocycles. The topological polar surface area (TPSA) is 20.2 Å². The third-order valence-corrected chi connectivity index (χ3v) is 2.24. The highest BCUT2D eigenvalue weighted by atomic mass is 32.2. The van der Waals surface area contributed by atoms with Crippen LogP contribution in [0.25, 0.3) is 0 Å². The van der Waals surface area contributed by atoms with Crippen molar-refractivity contribution in [1.29, 1.82) is 0 Å². The summed E-state index contributed by atoms with van der Waals surface area (Å²) in [5.74, 6) is 1.61. The summed E-state index contributed by atoms with van der Waals surface area (Å²) in [6.07, 6.45) is 3.07. The lowest BCUT2D eigenvalue weighted by Crippen LogP contribution is -2.13. The molecule has 1 N–H and O–H groups in total. The molecule has 0 saturated carbocycles. The molecule has 0 bridgehead atoms. The van der Waals surface area contributed by atoms with Gasteiger partial charge in [-0.3, -0.25) is 0 Å². The van der Waals surface area contributed by atoms with E-state index in [9.17, 15) is 0 Å². The monoisotopic (exact) mass is 148 g/mol. The van der Waals surface area contributed by atoms with E-state index in [4.69, 9.17) is 5.11 Å². The predicted molar refractivity (Wildman–Crippen MR) is 43.8 cm³/mol. The molecule has 0 fully saturated rings. The van der Waals surface area contributed by atoms with E-state index in [-0.39, 0.29) is 6.10 Å². The van der Waals surface area contributed by atoms with Gasteiger partial charge in [0.1, 0.15) is 0 Å². The van der Waals surface area contributed by atoms with Crippen LogP contribution in [0, 0.1) is 5.92 Å². The number of thioether (sulfide) groups is 1. The largest absolute Gasteiger partial charge is 0.393 e. The van der Waals surface area contributed by atoms with E-state index < -0.39 is 0 Å². The van der Waals surface area contributed by atoms with E-state index in [0.717, 1.165) is 12.2 Å².